The summed E-state index contributed by atoms with van der Waals surface area (Å²) in [6.07, 6.45) is 1.54. The van der Waals surface area contributed by atoms with E-state index in [1.807, 2.05) is 13.0 Å². The minimum Gasteiger partial charge on any atom is -0.388 e. The standard InChI is InChI=1S/C10H7BrN4S/c1-6-2-10(11)16-9(6)5-15-8(4-13)7(14)3-12/h2,5H,14H2,1H3/b8-7-,15-5?. The second kappa shape index (κ2) is 5.45. The van der Waals surface area contributed by atoms with Crippen LogP contribution < -0.4 is 5.73 Å². The van der Waals surface area contributed by atoms with Crippen molar-refractivity contribution in [1.82, 2.24) is 0 Å². The van der Waals surface area contributed by atoms with E-state index in [1.54, 1.807) is 12.1 Å². The average Bonchev–Trinajstić information content (AvgIpc) is 2.58. The molecule has 6 heteroatoms. The minimum atomic E-state index is -0.174. The third-order valence-corrected chi connectivity index (χ3v) is 3.39. The number of rotatable bonds is 2. The Bertz CT molecular complexity index is 542. The van der Waals surface area contributed by atoms with E-state index in [-0.39, 0.29) is 11.4 Å². The molecule has 0 aliphatic heterocycles. The van der Waals surface area contributed by atoms with Gasteiger partial charge in [0, 0.05) is 11.1 Å². The van der Waals surface area contributed by atoms with Gasteiger partial charge >= 0.3 is 0 Å². The Balaban J connectivity index is 3.03. The quantitative estimate of drug-likeness (QED) is 0.671. The van der Waals surface area contributed by atoms with E-state index < -0.39 is 0 Å². The van der Waals surface area contributed by atoms with Crippen LogP contribution in [0, 0.1) is 29.6 Å². The summed E-state index contributed by atoms with van der Waals surface area (Å²) in [5.74, 6) is 0. The van der Waals surface area contributed by atoms with Crippen molar-refractivity contribution in [2.75, 3.05) is 0 Å². The third kappa shape index (κ3) is 2.93. The molecule has 0 spiro atoms. The predicted octanol–water partition coefficient (Wildman–Crippen LogP) is 2.46. The van der Waals surface area contributed by atoms with E-state index in [1.165, 1.54) is 17.6 Å². The van der Waals surface area contributed by atoms with Crippen molar-refractivity contribution in [1.29, 1.82) is 10.5 Å². The molecule has 0 unspecified atom stereocenters. The van der Waals surface area contributed by atoms with Crippen LogP contribution in [0.25, 0.3) is 0 Å². The van der Waals surface area contributed by atoms with Crippen LogP contribution in [0.2, 0.25) is 0 Å². The number of allylic oxidation sites excluding steroid dienone is 2. The first-order valence-electron chi connectivity index (χ1n) is 4.18. The van der Waals surface area contributed by atoms with Gasteiger partial charge in [0.1, 0.15) is 17.8 Å². The smallest absolute Gasteiger partial charge is 0.174 e. The normalized spacial score (nSPS) is 12.0. The maximum Gasteiger partial charge on any atom is 0.174 e. The summed E-state index contributed by atoms with van der Waals surface area (Å²) in [7, 11) is 0. The lowest BCUT2D eigenvalue weighted by atomic mass is 10.3. The predicted molar refractivity (Wildman–Crippen MR) is 66.8 cm³/mol. The molecule has 0 aromatic carbocycles. The second-order valence-corrected chi connectivity index (χ2v) is 5.30. The molecular weight excluding hydrogens is 288 g/mol. The summed E-state index contributed by atoms with van der Waals surface area (Å²) in [5, 5.41) is 17.3. The highest BCUT2D eigenvalue weighted by molar-refractivity contribution is 9.11. The Morgan fingerprint density at radius 3 is 2.69 bits per heavy atom. The first-order valence-corrected chi connectivity index (χ1v) is 5.79. The lowest BCUT2D eigenvalue weighted by Gasteiger charge is -1.90. The van der Waals surface area contributed by atoms with Crippen molar-refractivity contribution >= 4 is 33.5 Å². The Hall–Kier alpha value is -1.63. The number of nitrogens with zero attached hydrogens (tertiary/aromatic N) is 3. The number of hydrogen-bond donors (Lipinski definition) is 1. The van der Waals surface area contributed by atoms with Gasteiger partial charge in [-0.25, -0.2) is 4.99 Å². The van der Waals surface area contributed by atoms with E-state index in [4.69, 9.17) is 16.3 Å². The molecule has 0 saturated carbocycles. The zero-order valence-corrected chi connectivity index (χ0v) is 10.8. The Morgan fingerprint density at radius 2 is 2.25 bits per heavy atom. The zero-order valence-electron chi connectivity index (χ0n) is 8.36. The second-order valence-electron chi connectivity index (χ2n) is 2.84. The first-order chi connectivity index (χ1) is 7.58. The Kier molecular flexibility index (Phi) is 4.24. The van der Waals surface area contributed by atoms with Crippen molar-refractivity contribution in [2.45, 2.75) is 6.92 Å². The van der Waals surface area contributed by atoms with Gasteiger partial charge in [-0.1, -0.05) is 0 Å². The Labute approximate surface area is 105 Å². The summed E-state index contributed by atoms with van der Waals surface area (Å²) in [6.45, 7) is 1.94. The SMILES string of the molecule is Cc1cc(Br)sc1C=N/C(C#N)=C(\N)C#N. The van der Waals surface area contributed by atoms with Gasteiger partial charge in [-0.05, 0) is 34.5 Å². The fraction of sp³-hybridized carbons (Fsp3) is 0.100. The summed E-state index contributed by atoms with van der Waals surface area (Å²) < 4.78 is 0.988. The Morgan fingerprint density at radius 1 is 1.56 bits per heavy atom. The number of nitrogens with two attached hydrogens (primary N) is 1. The number of halogens is 1. The van der Waals surface area contributed by atoms with E-state index in [0.29, 0.717) is 0 Å². The molecular formula is C10H7BrN4S. The lowest BCUT2D eigenvalue weighted by molar-refractivity contribution is 1.27. The van der Waals surface area contributed by atoms with Gasteiger partial charge in [-0.2, -0.15) is 10.5 Å². The highest BCUT2D eigenvalue weighted by Crippen LogP contribution is 2.25. The molecule has 0 atom stereocenters. The van der Waals surface area contributed by atoms with E-state index >= 15 is 0 Å². The lowest BCUT2D eigenvalue weighted by Crippen LogP contribution is -1.97. The molecule has 0 amide bonds. The number of nitriles is 2. The maximum absolute atomic E-state index is 8.72. The van der Waals surface area contributed by atoms with Crippen LogP contribution in [0.1, 0.15) is 10.4 Å². The fourth-order valence-electron chi connectivity index (χ4n) is 0.919. The summed E-state index contributed by atoms with van der Waals surface area (Å²) >= 11 is 4.85. The van der Waals surface area contributed by atoms with Crippen LogP contribution >= 0.6 is 27.3 Å². The average molecular weight is 295 g/mol. The maximum atomic E-state index is 8.72. The molecule has 0 aliphatic carbocycles. The van der Waals surface area contributed by atoms with Crippen LogP contribution in [0.5, 0.6) is 0 Å². The largest absolute Gasteiger partial charge is 0.388 e. The highest BCUT2D eigenvalue weighted by atomic mass is 79.9. The molecule has 0 aliphatic rings. The summed E-state index contributed by atoms with van der Waals surface area (Å²) in [4.78, 5) is 4.81. The number of aliphatic imine (C=N–C) groups is 1. The molecule has 16 heavy (non-hydrogen) atoms. The van der Waals surface area contributed by atoms with Gasteiger partial charge < -0.3 is 5.73 Å². The van der Waals surface area contributed by atoms with Crippen molar-refractivity contribution in [3.8, 4) is 12.1 Å². The summed E-state index contributed by atoms with van der Waals surface area (Å²) in [5.41, 5.74) is 6.12. The van der Waals surface area contributed by atoms with Crippen molar-refractivity contribution in [2.24, 2.45) is 10.7 Å². The van der Waals surface area contributed by atoms with Crippen LogP contribution in [0.3, 0.4) is 0 Å². The fourth-order valence-corrected chi connectivity index (χ4v) is 2.56. The molecule has 1 rings (SSSR count). The van der Waals surface area contributed by atoms with E-state index in [9.17, 15) is 0 Å². The van der Waals surface area contributed by atoms with Gasteiger partial charge in [-0.3, -0.25) is 0 Å². The molecule has 2 N–H and O–H groups in total. The van der Waals surface area contributed by atoms with Gasteiger partial charge in [0.05, 0.1) is 3.79 Å². The molecule has 4 nitrogen and oxygen atoms in total. The zero-order chi connectivity index (χ0) is 12.1. The molecule has 0 fully saturated rings. The molecule has 80 valence electrons. The van der Waals surface area contributed by atoms with Gasteiger partial charge in [0.25, 0.3) is 0 Å². The number of hydrogen-bond acceptors (Lipinski definition) is 5. The van der Waals surface area contributed by atoms with Gasteiger partial charge in [-0.15, -0.1) is 11.3 Å². The monoisotopic (exact) mass is 294 g/mol. The minimum absolute atomic E-state index is 0.0635. The van der Waals surface area contributed by atoms with Gasteiger partial charge in [0.15, 0.2) is 5.70 Å². The molecule has 1 aromatic heterocycles. The van der Waals surface area contributed by atoms with Crippen LogP contribution in [-0.2, 0) is 0 Å². The van der Waals surface area contributed by atoms with Crippen LogP contribution in [0.4, 0.5) is 0 Å². The molecule has 0 saturated heterocycles. The topological polar surface area (TPSA) is 86.0 Å². The number of thiophene rings is 1. The van der Waals surface area contributed by atoms with E-state index in [0.717, 1.165) is 14.2 Å². The summed E-state index contributed by atoms with van der Waals surface area (Å²) in [6, 6.07) is 5.42. The highest BCUT2D eigenvalue weighted by Gasteiger charge is 2.02. The van der Waals surface area contributed by atoms with Crippen LogP contribution in [0.15, 0.2) is 26.2 Å². The molecule has 0 radical (unpaired) electrons. The molecule has 0 bridgehead atoms. The third-order valence-electron chi connectivity index (χ3n) is 1.72. The molecule has 1 heterocycles. The molecule has 1 aromatic rings. The van der Waals surface area contributed by atoms with Gasteiger partial charge in [0.2, 0.25) is 0 Å². The van der Waals surface area contributed by atoms with Crippen LogP contribution in [-0.4, -0.2) is 6.21 Å². The van der Waals surface area contributed by atoms with Crippen molar-refractivity contribution in [3.05, 3.63) is 31.7 Å². The number of aryl methyl sites for hydroxylation is 1. The van der Waals surface area contributed by atoms with Crippen molar-refractivity contribution in [3.63, 3.8) is 0 Å². The van der Waals surface area contributed by atoms with E-state index in [2.05, 4.69) is 20.9 Å². The first kappa shape index (κ1) is 12.4. The van der Waals surface area contributed by atoms with Crippen molar-refractivity contribution < 1.29 is 0 Å².